The third kappa shape index (κ3) is 6.60. The van der Waals surface area contributed by atoms with E-state index in [0.29, 0.717) is 0 Å². The van der Waals surface area contributed by atoms with Crippen LogP contribution in [0.15, 0.2) is 267 Å². The first-order valence-electron chi connectivity index (χ1n) is 25.2. The summed E-state index contributed by atoms with van der Waals surface area (Å²) >= 11 is 0.0764. The Morgan fingerprint density at radius 3 is 0.945 bits per heavy atom. The molecule has 0 fully saturated rings. The Bertz CT molecular complexity index is 4580. The van der Waals surface area contributed by atoms with Crippen molar-refractivity contribution in [2.75, 3.05) is 0 Å². The van der Waals surface area contributed by atoms with Crippen molar-refractivity contribution in [3.8, 4) is 66.8 Å². The Balaban J connectivity index is 0.905. The van der Waals surface area contributed by atoms with Gasteiger partial charge in [0.1, 0.15) is 0 Å². The fourth-order valence-corrected chi connectivity index (χ4v) is 14.9. The zero-order valence-corrected chi connectivity index (χ0v) is 41.5. The van der Waals surface area contributed by atoms with Crippen molar-refractivity contribution >= 4 is 98.4 Å². The van der Waals surface area contributed by atoms with Gasteiger partial charge in [0.05, 0.1) is 0 Å². The summed E-state index contributed by atoms with van der Waals surface area (Å²) in [6.45, 7) is 0. The molecule has 1 aromatic heterocycles. The van der Waals surface area contributed by atoms with Gasteiger partial charge in [-0.3, -0.25) is 0 Å². The number of rotatable bonds is 6. The number of fused-ring (bicyclic) bond motifs is 9. The maximum absolute atomic E-state index is 2.39. The summed E-state index contributed by atoms with van der Waals surface area (Å²) in [7, 11) is 0. The van der Waals surface area contributed by atoms with Gasteiger partial charge in [0.15, 0.2) is 0 Å². The topological polar surface area (TPSA) is 0 Å². The zero-order valence-electron chi connectivity index (χ0n) is 39.8. The van der Waals surface area contributed by atoms with E-state index >= 15 is 0 Å². The maximum atomic E-state index is 2.39. The Morgan fingerprint density at radius 2 is 0.493 bits per heavy atom. The normalized spacial score (nSPS) is 11.8. The summed E-state index contributed by atoms with van der Waals surface area (Å²) in [5, 5.41) is 18.0. The van der Waals surface area contributed by atoms with E-state index in [9.17, 15) is 0 Å². The van der Waals surface area contributed by atoms with Crippen LogP contribution in [-0.4, -0.2) is 14.5 Å². The Labute approximate surface area is 429 Å². The Hall–Kier alpha value is -8.84. The van der Waals surface area contributed by atoms with Crippen LogP contribution in [-0.2, 0) is 0 Å². The summed E-state index contributed by atoms with van der Waals surface area (Å²) in [6, 6.07) is 99.7. The average molecular weight is 988 g/mol. The molecule has 0 saturated carbocycles. The molecule has 338 valence electrons. The fraction of sp³-hybridized carbons (Fsp3) is 0. The molecule has 0 aliphatic carbocycles. The van der Waals surface area contributed by atoms with Gasteiger partial charge >= 0.3 is 337 Å². The molecule has 0 atom stereocenters. The molecule has 0 spiro atoms. The molecule has 15 rings (SSSR count). The minimum Gasteiger partial charge on any atom is -0.0610 e. The van der Waals surface area contributed by atoms with Gasteiger partial charge in [0.25, 0.3) is 0 Å². The van der Waals surface area contributed by atoms with Crippen LogP contribution in [0.4, 0.5) is 0 Å². The first-order valence-corrected chi connectivity index (χ1v) is 27.0. The molecule has 0 aliphatic heterocycles. The first-order chi connectivity index (χ1) is 36.2. The zero-order chi connectivity index (χ0) is 48.0. The molecule has 0 amide bonds. The standard InChI is InChI=1S/C72H44Se/c1-3-21-51-45(17-1)19-13-31-53(51)47-37-41-49(42-38-47)67-55-23-5-9-27-59(55)69(60-28-10-6-24-56(60)67)63-33-16-36-66-71(63)65-35-15-34-64(72(65)73-66)70-61-29-11-7-25-57(61)68(58-26-8-12-30-62(58)70)50-43-39-48(40-44-50)54-32-14-20-46-18-2-4-22-52(46)54/h1-44H. The van der Waals surface area contributed by atoms with Gasteiger partial charge in [-0.25, -0.2) is 0 Å². The van der Waals surface area contributed by atoms with Crippen LogP contribution in [0.25, 0.3) is 151 Å². The minimum atomic E-state index is 0.0764. The van der Waals surface area contributed by atoms with Crippen molar-refractivity contribution in [3.63, 3.8) is 0 Å². The van der Waals surface area contributed by atoms with E-state index < -0.39 is 0 Å². The Kier molecular flexibility index (Phi) is 9.70. The molecule has 0 N–H and O–H groups in total. The molecule has 0 unspecified atom stereocenters. The summed E-state index contributed by atoms with van der Waals surface area (Å²) in [6.07, 6.45) is 0. The van der Waals surface area contributed by atoms with E-state index in [4.69, 9.17) is 0 Å². The molecule has 0 aliphatic rings. The van der Waals surface area contributed by atoms with Crippen LogP contribution in [0, 0.1) is 0 Å². The summed E-state index contributed by atoms with van der Waals surface area (Å²) in [5.41, 5.74) is 15.3. The van der Waals surface area contributed by atoms with E-state index in [1.54, 1.807) is 0 Å². The van der Waals surface area contributed by atoms with Crippen molar-refractivity contribution in [1.82, 2.24) is 0 Å². The number of hydrogen-bond donors (Lipinski definition) is 0. The predicted octanol–water partition coefficient (Wildman–Crippen LogP) is 20.0. The van der Waals surface area contributed by atoms with Gasteiger partial charge < -0.3 is 0 Å². The fourth-order valence-electron chi connectivity index (χ4n) is 12.3. The number of benzene rings is 14. The molecule has 15 aromatic rings. The van der Waals surface area contributed by atoms with Gasteiger partial charge in [-0.05, 0) is 16.2 Å². The van der Waals surface area contributed by atoms with Crippen molar-refractivity contribution in [3.05, 3.63) is 267 Å². The molecule has 0 saturated heterocycles. The molecule has 14 aromatic carbocycles. The van der Waals surface area contributed by atoms with Gasteiger partial charge in [-0.2, -0.15) is 0 Å². The quantitative estimate of drug-likeness (QED) is 0.115. The second-order valence-corrected chi connectivity index (χ2v) is 21.6. The van der Waals surface area contributed by atoms with E-state index in [2.05, 4.69) is 267 Å². The van der Waals surface area contributed by atoms with Crippen molar-refractivity contribution in [2.24, 2.45) is 0 Å². The van der Waals surface area contributed by atoms with E-state index in [1.807, 2.05) is 0 Å². The van der Waals surface area contributed by atoms with Gasteiger partial charge in [-0.1, -0.05) is 78.9 Å². The summed E-state index contributed by atoms with van der Waals surface area (Å²) < 4.78 is 2.89. The van der Waals surface area contributed by atoms with Crippen LogP contribution < -0.4 is 0 Å². The van der Waals surface area contributed by atoms with Gasteiger partial charge in [-0.15, -0.1) is 0 Å². The van der Waals surface area contributed by atoms with Crippen LogP contribution in [0.1, 0.15) is 0 Å². The molecular formula is C72H44Se. The average Bonchev–Trinajstić information content (AvgIpc) is 3.86. The molecule has 1 heterocycles. The monoisotopic (exact) mass is 988 g/mol. The minimum absolute atomic E-state index is 0.0764. The smallest absolute Gasteiger partial charge is 0.0610 e. The van der Waals surface area contributed by atoms with Gasteiger partial charge in [0, 0.05) is 0 Å². The summed E-state index contributed by atoms with van der Waals surface area (Å²) in [4.78, 5) is 0. The molecule has 73 heavy (non-hydrogen) atoms. The van der Waals surface area contributed by atoms with Crippen LogP contribution in [0.3, 0.4) is 0 Å². The molecular weight excluding hydrogens is 944 g/mol. The third-order valence-electron chi connectivity index (χ3n) is 15.5. The predicted molar refractivity (Wildman–Crippen MR) is 316 cm³/mol. The molecule has 0 radical (unpaired) electrons. The van der Waals surface area contributed by atoms with Crippen LogP contribution >= 0.6 is 0 Å². The SMILES string of the molecule is c1ccc2c(-c3ccc(-c4c5ccccc5c(-c5cccc6c5[se]c5cccc(-c7c8ccccc8c(-c8ccc(-c9cccc%10ccccc9%10)cc8)c8ccccc78)c56)c5ccccc45)cc3)cccc2c1. The van der Waals surface area contributed by atoms with Crippen molar-refractivity contribution < 1.29 is 0 Å². The first kappa shape index (κ1) is 41.9. The summed E-state index contributed by atoms with van der Waals surface area (Å²) in [5.74, 6) is 0. The molecule has 0 bridgehead atoms. The van der Waals surface area contributed by atoms with E-state index in [0.717, 1.165) is 0 Å². The van der Waals surface area contributed by atoms with E-state index in [1.165, 1.54) is 151 Å². The Morgan fingerprint density at radius 1 is 0.192 bits per heavy atom. The number of hydrogen-bond acceptors (Lipinski definition) is 0. The van der Waals surface area contributed by atoms with Crippen LogP contribution in [0.5, 0.6) is 0 Å². The second kappa shape index (κ2) is 16.9. The molecule has 0 nitrogen and oxygen atoms in total. The third-order valence-corrected chi connectivity index (χ3v) is 18.0. The van der Waals surface area contributed by atoms with Crippen LogP contribution in [0.2, 0.25) is 0 Å². The van der Waals surface area contributed by atoms with Crippen molar-refractivity contribution in [1.29, 1.82) is 0 Å². The second-order valence-electron chi connectivity index (χ2n) is 19.4. The van der Waals surface area contributed by atoms with Gasteiger partial charge in [0.2, 0.25) is 0 Å². The molecule has 1 heteroatoms. The van der Waals surface area contributed by atoms with Crippen molar-refractivity contribution in [2.45, 2.75) is 0 Å². The van der Waals surface area contributed by atoms with E-state index in [-0.39, 0.29) is 14.5 Å².